The van der Waals surface area contributed by atoms with Crippen molar-refractivity contribution in [2.75, 3.05) is 6.61 Å². The molecule has 0 aliphatic carbocycles. The largest absolute Gasteiger partial charge is 0.573 e. The van der Waals surface area contributed by atoms with E-state index < -0.39 is 23.5 Å². The van der Waals surface area contributed by atoms with E-state index in [0.717, 1.165) is 12.1 Å². The Kier molecular flexibility index (Phi) is 4.22. The van der Waals surface area contributed by atoms with Crippen LogP contribution in [0.25, 0.3) is 0 Å². The van der Waals surface area contributed by atoms with Gasteiger partial charge in [0.1, 0.15) is 11.2 Å². The summed E-state index contributed by atoms with van der Waals surface area (Å²) in [4.78, 5) is 10.7. The van der Waals surface area contributed by atoms with Crippen LogP contribution in [0.3, 0.4) is 0 Å². The molecule has 0 unspecified atom stereocenters. The van der Waals surface area contributed by atoms with E-state index in [1.807, 2.05) is 0 Å². The van der Waals surface area contributed by atoms with Crippen molar-refractivity contribution in [3.8, 4) is 11.6 Å². The summed E-state index contributed by atoms with van der Waals surface area (Å²) in [6, 6.07) is 3.09. The lowest BCUT2D eigenvalue weighted by Crippen LogP contribution is -2.43. The minimum Gasteiger partial charge on any atom is -0.476 e. The van der Waals surface area contributed by atoms with E-state index >= 15 is 0 Å². The molecule has 3 rings (SSSR count). The molecule has 1 aliphatic heterocycles. The first-order valence-corrected chi connectivity index (χ1v) is 7.11. The van der Waals surface area contributed by atoms with Gasteiger partial charge in [0, 0.05) is 18.8 Å². The zero-order chi connectivity index (χ0) is 17.4. The number of nitrogens with zero attached hydrogens (tertiary/aromatic N) is 2. The first-order valence-electron chi connectivity index (χ1n) is 6.73. The highest BCUT2D eigenvalue weighted by molar-refractivity contribution is 6.14. The number of nitrogens with one attached hydrogen (secondary N) is 1. The van der Waals surface area contributed by atoms with Gasteiger partial charge in [-0.3, -0.25) is 4.98 Å². The fraction of sp³-hybridized carbons (Fsp3) is 0.286. The van der Waals surface area contributed by atoms with Gasteiger partial charge in [-0.25, -0.2) is 14.2 Å². The fourth-order valence-electron chi connectivity index (χ4n) is 2.54. The van der Waals surface area contributed by atoms with Gasteiger partial charge in [0.25, 0.3) is 0 Å². The third-order valence-electron chi connectivity index (χ3n) is 3.60. The SMILES string of the molecule is Fc1cc([C@@]2(NCl)CCOc3nccnc32)ccc1OC(F)(F)F. The van der Waals surface area contributed by atoms with Gasteiger partial charge in [0.2, 0.25) is 5.88 Å². The number of benzene rings is 1. The number of aromatic nitrogens is 2. The van der Waals surface area contributed by atoms with Crippen LogP contribution in [0.4, 0.5) is 17.6 Å². The van der Waals surface area contributed by atoms with Crippen LogP contribution in [-0.4, -0.2) is 22.9 Å². The van der Waals surface area contributed by atoms with E-state index in [1.165, 1.54) is 18.5 Å². The molecular weight excluding hydrogens is 354 g/mol. The number of hydrogen-bond acceptors (Lipinski definition) is 5. The van der Waals surface area contributed by atoms with E-state index in [-0.39, 0.29) is 24.5 Å². The standard InChI is InChI=1S/C14H10ClF4N3O2/c15-22-13(3-6-23-12-11(13)20-4-5-21-12)8-1-2-10(9(16)7-8)24-14(17,18)19/h1-2,4-5,7,22H,3,6H2/t13-/m0/s1. The minimum absolute atomic E-state index is 0.216. The second-order valence-electron chi connectivity index (χ2n) is 5.00. The molecule has 0 spiro atoms. The zero-order valence-electron chi connectivity index (χ0n) is 11.9. The van der Waals surface area contributed by atoms with Gasteiger partial charge >= 0.3 is 6.36 Å². The fourth-order valence-corrected chi connectivity index (χ4v) is 2.84. The third-order valence-corrected chi connectivity index (χ3v) is 3.92. The number of halogens is 5. The van der Waals surface area contributed by atoms with Crippen LogP contribution in [0.15, 0.2) is 30.6 Å². The summed E-state index contributed by atoms with van der Waals surface area (Å²) in [6.45, 7) is 0.216. The predicted molar refractivity (Wildman–Crippen MR) is 75.0 cm³/mol. The zero-order valence-corrected chi connectivity index (χ0v) is 12.7. The van der Waals surface area contributed by atoms with Crippen LogP contribution < -0.4 is 14.3 Å². The van der Waals surface area contributed by atoms with Gasteiger partial charge in [0.15, 0.2) is 11.6 Å². The Labute approximate surface area is 138 Å². The van der Waals surface area contributed by atoms with Crippen LogP contribution in [0.1, 0.15) is 17.7 Å². The average molecular weight is 364 g/mol. The highest BCUT2D eigenvalue weighted by Gasteiger charge is 2.42. The molecule has 0 amide bonds. The van der Waals surface area contributed by atoms with Gasteiger partial charge in [-0.05, 0) is 29.5 Å². The maximum Gasteiger partial charge on any atom is 0.573 e. The Morgan fingerprint density at radius 2 is 2.00 bits per heavy atom. The maximum absolute atomic E-state index is 14.1. The molecule has 1 aliphatic rings. The smallest absolute Gasteiger partial charge is 0.476 e. The Morgan fingerprint density at radius 3 is 2.67 bits per heavy atom. The summed E-state index contributed by atoms with van der Waals surface area (Å²) in [6.07, 6.45) is -1.87. The average Bonchev–Trinajstić information content (AvgIpc) is 2.55. The summed E-state index contributed by atoms with van der Waals surface area (Å²) in [5.74, 6) is -1.89. The molecule has 0 saturated carbocycles. The molecule has 2 aromatic rings. The Balaban J connectivity index is 2.06. The molecule has 1 N–H and O–H groups in total. The van der Waals surface area contributed by atoms with Crippen molar-refractivity contribution < 1.29 is 27.0 Å². The van der Waals surface area contributed by atoms with Gasteiger partial charge in [-0.15, -0.1) is 13.2 Å². The van der Waals surface area contributed by atoms with Crippen molar-refractivity contribution in [3.63, 3.8) is 0 Å². The number of rotatable bonds is 3. The van der Waals surface area contributed by atoms with Crippen molar-refractivity contribution >= 4 is 11.8 Å². The summed E-state index contributed by atoms with van der Waals surface area (Å²) in [5.41, 5.74) is -0.564. The topological polar surface area (TPSA) is 56.3 Å². The molecule has 1 aromatic carbocycles. The normalized spacial score (nSPS) is 20.2. The lowest BCUT2D eigenvalue weighted by Gasteiger charge is -2.36. The summed E-state index contributed by atoms with van der Waals surface area (Å²) in [7, 11) is 0. The van der Waals surface area contributed by atoms with Gasteiger partial charge < -0.3 is 9.47 Å². The van der Waals surface area contributed by atoms with Gasteiger partial charge in [-0.1, -0.05) is 6.07 Å². The highest BCUT2D eigenvalue weighted by Crippen LogP contribution is 2.41. The first kappa shape index (κ1) is 16.7. The molecule has 128 valence electrons. The Bertz CT molecular complexity index is 759. The Hall–Kier alpha value is -2.13. The van der Waals surface area contributed by atoms with E-state index in [2.05, 4.69) is 19.5 Å². The number of alkyl halides is 3. The van der Waals surface area contributed by atoms with Crippen molar-refractivity contribution in [2.24, 2.45) is 0 Å². The maximum atomic E-state index is 14.1. The molecule has 0 radical (unpaired) electrons. The number of ether oxygens (including phenoxy) is 2. The second-order valence-corrected chi connectivity index (χ2v) is 5.19. The number of fused-ring (bicyclic) bond motifs is 1. The summed E-state index contributed by atoms with van der Waals surface area (Å²) >= 11 is 5.89. The van der Waals surface area contributed by atoms with Gasteiger partial charge in [0.05, 0.1) is 6.61 Å². The molecule has 0 fully saturated rings. The van der Waals surface area contributed by atoms with Crippen LogP contribution in [0.2, 0.25) is 0 Å². The molecule has 1 atom stereocenters. The molecule has 1 aromatic heterocycles. The molecule has 2 heterocycles. The number of hydrogen-bond donors (Lipinski definition) is 1. The quantitative estimate of drug-likeness (QED) is 0.670. The molecule has 24 heavy (non-hydrogen) atoms. The minimum atomic E-state index is -4.98. The van der Waals surface area contributed by atoms with Crippen molar-refractivity contribution in [1.29, 1.82) is 0 Å². The van der Waals surface area contributed by atoms with Crippen LogP contribution in [0, 0.1) is 5.82 Å². The Morgan fingerprint density at radius 1 is 1.25 bits per heavy atom. The predicted octanol–water partition coefficient (Wildman–Crippen LogP) is 3.28. The first-order chi connectivity index (χ1) is 11.4. The van der Waals surface area contributed by atoms with Crippen molar-refractivity contribution in [1.82, 2.24) is 14.8 Å². The van der Waals surface area contributed by atoms with E-state index in [0.29, 0.717) is 5.69 Å². The van der Waals surface area contributed by atoms with Gasteiger partial charge in [-0.2, -0.15) is 0 Å². The molecular formula is C14H10ClF4N3O2. The molecule has 10 heteroatoms. The lowest BCUT2D eigenvalue weighted by atomic mass is 9.83. The van der Waals surface area contributed by atoms with Crippen LogP contribution >= 0.6 is 11.8 Å². The highest BCUT2D eigenvalue weighted by atomic mass is 35.5. The van der Waals surface area contributed by atoms with E-state index in [1.54, 1.807) is 0 Å². The second kappa shape index (κ2) is 6.06. The van der Waals surface area contributed by atoms with Crippen molar-refractivity contribution in [3.05, 3.63) is 47.7 Å². The summed E-state index contributed by atoms with van der Waals surface area (Å²) < 4.78 is 59.8. The molecule has 0 saturated heterocycles. The molecule has 0 bridgehead atoms. The monoisotopic (exact) mass is 363 g/mol. The van der Waals surface area contributed by atoms with E-state index in [4.69, 9.17) is 16.5 Å². The van der Waals surface area contributed by atoms with Crippen molar-refractivity contribution in [2.45, 2.75) is 18.3 Å². The van der Waals surface area contributed by atoms with Crippen LogP contribution in [-0.2, 0) is 5.54 Å². The third kappa shape index (κ3) is 2.96. The summed E-state index contributed by atoms with van der Waals surface area (Å²) in [5, 5.41) is 0. The molecule has 5 nitrogen and oxygen atoms in total. The lowest BCUT2D eigenvalue weighted by molar-refractivity contribution is -0.275. The van der Waals surface area contributed by atoms with Crippen LogP contribution in [0.5, 0.6) is 11.6 Å². The van der Waals surface area contributed by atoms with E-state index in [9.17, 15) is 17.6 Å².